The van der Waals surface area contributed by atoms with Crippen molar-refractivity contribution in [3.63, 3.8) is 0 Å². The smallest absolute Gasteiger partial charge is 0.407 e. The number of alkyl carbamates (subject to hydrolysis) is 1. The van der Waals surface area contributed by atoms with Crippen molar-refractivity contribution in [1.29, 1.82) is 0 Å². The quantitative estimate of drug-likeness (QED) is 0.314. The molecule has 0 heterocycles. The van der Waals surface area contributed by atoms with Gasteiger partial charge < -0.3 is 30.5 Å². The van der Waals surface area contributed by atoms with Gasteiger partial charge in [0.25, 0.3) is 0 Å². The molecule has 0 saturated carbocycles. The number of guanidine groups is 1. The van der Waals surface area contributed by atoms with Gasteiger partial charge in [-0.2, -0.15) is 0 Å². The number of aromatic hydroxyl groups is 1. The number of ether oxygens (including phenoxy) is 2. The summed E-state index contributed by atoms with van der Waals surface area (Å²) in [6, 6.07) is 5.04. The van der Waals surface area contributed by atoms with E-state index < -0.39 is 11.7 Å². The van der Waals surface area contributed by atoms with E-state index in [4.69, 9.17) is 9.47 Å². The largest absolute Gasteiger partial charge is 0.508 e. The van der Waals surface area contributed by atoms with Crippen molar-refractivity contribution in [3.8, 4) is 11.5 Å². The summed E-state index contributed by atoms with van der Waals surface area (Å²) in [6.45, 7) is 9.61. The van der Waals surface area contributed by atoms with Crippen molar-refractivity contribution in [2.45, 2.75) is 46.3 Å². The first-order chi connectivity index (χ1) is 12.7. The van der Waals surface area contributed by atoms with E-state index in [1.54, 1.807) is 25.3 Å². The Morgan fingerprint density at radius 3 is 2.52 bits per heavy atom. The van der Waals surface area contributed by atoms with Crippen molar-refractivity contribution in [2.75, 3.05) is 26.7 Å². The van der Waals surface area contributed by atoms with Gasteiger partial charge in [-0.1, -0.05) is 0 Å². The lowest BCUT2D eigenvalue weighted by molar-refractivity contribution is 0.0527. The molecule has 0 aromatic heterocycles. The molecule has 0 bridgehead atoms. The van der Waals surface area contributed by atoms with E-state index in [0.29, 0.717) is 49.9 Å². The van der Waals surface area contributed by atoms with Crippen LogP contribution in [0.5, 0.6) is 11.5 Å². The van der Waals surface area contributed by atoms with E-state index in [2.05, 4.69) is 20.9 Å². The number of nitrogens with zero attached hydrogens (tertiary/aromatic N) is 1. The van der Waals surface area contributed by atoms with Crippen LogP contribution in [-0.4, -0.2) is 49.5 Å². The van der Waals surface area contributed by atoms with Crippen LogP contribution >= 0.6 is 0 Å². The topological polar surface area (TPSA) is 104 Å². The number of carbonyl (C=O) groups excluding carboxylic acids is 1. The molecule has 0 atom stereocenters. The molecule has 8 heteroatoms. The van der Waals surface area contributed by atoms with E-state index in [9.17, 15) is 9.90 Å². The lowest BCUT2D eigenvalue weighted by Crippen LogP contribution is -2.39. The number of amides is 1. The maximum atomic E-state index is 11.6. The third-order valence-electron chi connectivity index (χ3n) is 3.35. The number of nitrogens with one attached hydrogen (secondary N) is 3. The molecule has 0 radical (unpaired) electrons. The molecular weight excluding hydrogens is 348 g/mol. The number of benzene rings is 1. The molecule has 27 heavy (non-hydrogen) atoms. The van der Waals surface area contributed by atoms with Crippen molar-refractivity contribution < 1.29 is 19.4 Å². The van der Waals surface area contributed by atoms with Gasteiger partial charge in [-0.05, 0) is 52.3 Å². The minimum absolute atomic E-state index is 0.178. The molecule has 0 fully saturated rings. The highest BCUT2D eigenvalue weighted by Crippen LogP contribution is 2.23. The third-order valence-corrected chi connectivity index (χ3v) is 3.35. The average Bonchev–Trinajstić information content (AvgIpc) is 2.58. The van der Waals surface area contributed by atoms with E-state index >= 15 is 0 Å². The maximum Gasteiger partial charge on any atom is 0.407 e. The Labute approximate surface area is 161 Å². The Kier molecular flexibility index (Phi) is 9.25. The lowest BCUT2D eigenvalue weighted by Gasteiger charge is -2.19. The van der Waals surface area contributed by atoms with Crippen LogP contribution in [0, 0.1) is 0 Å². The highest BCUT2D eigenvalue weighted by atomic mass is 16.6. The first-order valence-corrected chi connectivity index (χ1v) is 9.10. The van der Waals surface area contributed by atoms with Crippen LogP contribution in [0.15, 0.2) is 23.2 Å². The van der Waals surface area contributed by atoms with Gasteiger partial charge in [0.1, 0.15) is 17.1 Å². The fraction of sp³-hybridized carbons (Fsp3) is 0.579. The van der Waals surface area contributed by atoms with E-state index in [1.807, 2.05) is 27.7 Å². The molecule has 1 amide bonds. The predicted molar refractivity (Wildman–Crippen MR) is 106 cm³/mol. The zero-order valence-electron chi connectivity index (χ0n) is 16.9. The van der Waals surface area contributed by atoms with Gasteiger partial charge in [0.15, 0.2) is 5.96 Å². The van der Waals surface area contributed by atoms with Crippen molar-refractivity contribution in [2.24, 2.45) is 4.99 Å². The third kappa shape index (κ3) is 9.58. The number of phenolic OH excluding ortho intramolecular Hbond substituents is 1. The number of carbonyl (C=O) groups is 1. The second-order valence-corrected chi connectivity index (χ2v) is 6.90. The molecule has 4 N–H and O–H groups in total. The summed E-state index contributed by atoms with van der Waals surface area (Å²) in [5, 5.41) is 19.0. The molecule has 0 aliphatic heterocycles. The molecular formula is C19H32N4O4. The maximum absolute atomic E-state index is 11.6. The van der Waals surface area contributed by atoms with Gasteiger partial charge in [-0.15, -0.1) is 0 Å². The minimum atomic E-state index is -0.501. The van der Waals surface area contributed by atoms with E-state index in [1.165, 1.54) is 0 Å². The molecule has 0 saturated heterocycles. The molecule has 1 rings (SSSR count). The van der Waals surface area contributed by atoms with E-state index in [0.717, 1.165) is 0 Å². The molecule has 0 spiro atoms. The highest BCUT2D eigenvalue weighted by Gasteiger charge is 2.15. The number of methoxy groups -OCH3 is 1. The zero-order valence-corrected chi connectivity index (χ0v) is 16.9. The summed E-state index contributed by atoms with van der Waals surface area (Å²) < 4.78 is 10.4. The van der Waals surface area contributed by atoms with Gasteiger partial charge in [0.05, 0.1) is 13.7 Å². The molecule has 1 aromatic rings. The molecule has 0 aliphatic carbocycles. The second-order valence-electron chi connectivity index (χ2n) is 6.90. The number of hydrogen-bond acceptors (Lipinski definition) is 5. The van der Waals surface area contributed by atoms with Gasteiger partial charge >= 0.3 is 6.09 Å². The molecule has 152 valence electrons. The normalized spacial score (nSPS) is 11.7. The summed E-state index contributed by atoms with van der Waals surface area (Å²) in [5.74, 6) is 1.48. The molecule has 0 unspecified atom stereocenters. The highest BCUT2D eigenvalue weighted by molar-refractivity contribution is 5.79. The molecule has 0 aliphatic rings. The molecule has 8 nitrogen and oxygen atoms in total. The number of hydrogen-bond donors (Lipinski definition) is 4. The average molecular weight is 380 g/mol. The number of phenols is 1. The first-order valence-electron chi connectivity index (χ1n) is 9.10. The van der Waals surface area contributed by atoms with Gasteiger partial charge in [0.2, 0.25) is 0 Å². The lowest BCUT2D eigenvalue weighted by atomic mass is 10.2. The van der Waals surface area contributed by atoms with Gasteiger partial charge in [-0.25, -0.2) is 9.79 Å². The Morgan fingerprint density at radius 2 is 1.89 bits per heavy atom. The van der Waals surface area contributed by atoms with E-state index in [-0.39, 0.29) is 5.75 Å². The Hall–Kier alpha value is -2.64. The fourth-order valence-electron chi connectivity index (χ4n) is 2.12. The van der Waals surface area contributed by atoms with Crippen LogP contribution in [0.2, 0.25) is 0 Å². The summed E-state index contributed by atoms with van der Waals surface area (Å²) in [4.78, 5) is 16.0. The Bertz CT molecular complexity index is 627. The summed E-state index contributed by atoms with van der Waals surface area (Å²) >= 11 is 0. The van der Waals surface area contributed by atoms with Crippen LogP contribution in [0.3, 0.4) is 0 Å². The van der Waals surface area contributed by atoms with Crippen LogP contribution in [0.25, 0.3) is 0 Å². The summed E-state index contributed by atoms with van der Waals surface area (Å²) in [5.41, 5.74) is 0.178. The van der Waals surface area contributed by atoms with Crippen LogP contribution in [0.4, 0.5) is 4.79 Å². The monoisotopic (exact) mass is 380 g/mol. The SMILES string of the molecule is CCNC(=NCc1cc(OC)ccc1O)NCCCNC(=O)OC(C)(C)C. The molecule has 1 aromatic carbocycles. The first kappa shape index (κ1) is 22.4. The van der Waals surface area contributed by atoms with Crippen LogP contribution in [0.1, 0.15) is 39.7 Å². The fourth-order valence-corrected chi connectivity index (χ4v) is 2.12. The number of rotatable bonds is 8. The summed E-state index contributed by atoms with van der Waals surface area (Å²) in [7, 11) is 1.58. The standard InChI is InChI=1S/C19H32N4O4/c1-6-20-17(21-10-7-11-22-18(25)27-19(2,3)4)23-13-14-12-15(26-5)8-9-16(14)24/h8-9,12,24H,6-7,10-11,13H2,1-5H3,(H,22,25)(H2,20,21,23). The predicted octanol–water partition coefficient (Wildman–Crippen LogP) is 2.37. The van der Waals surface area contributed by atoms with Crippen LogP contribution in [-0.2, 0) is 11.3 Å². The number of aliphatic imine (C=N–C) groups is 1. The second kappa shape index (κ2) is 11.2. The minimum Gasteiger partial charge on any atom is -0.508 e. The Morgan fingerprint density at radius 1 is 1.19 bits per heavy atom. The Balaban J connectivity index is 2.45. The van der Waals surface area contributed by atoms with Crippen molar-refractivity contribution >= 4 is 12.1 Å². The van der Waals surface area contributed by atoms with Crippen molar-refractivity contribution in [1.82, 2.24) is 16.0 Å². The zero-order chi connectivity index (χ0) is 20.3. The van der Waals surface area contributed by atoms with Gasteiger partial charge in [0, 0.05) is 25.2 Å². The van der Waals surface area contributed by atoms with Gasteiger partial charge in [-0.3, -0.25) is 0 Å². The van der Waals surface area contributed by atoms with Crippen molar-refractivity contribution in [3.05, 3.63) is 23.8 Å². The summed E-state index contributed by atoms with van der Waals surface area (Å²) in [6.07, 6.45) is 0.296. The van der Waals surface area contributed by atoms with Crippen LogP contribution < -0.4 is 20.7 Å².